The molecule has 0 atom stereocenters. The van der Waals surface area contributed by atoms with Gasteiger partial charge >= 0.3 is 6.18 Å². The number of unbranched alkanes of at least 4 members (excludes halogenated alkanes) is 2. The number of aromatic nitrogens is 2. The number of amides is 2. The predicted octanol–water partition coefficient (Wildman–Crippen LogP) is 6.83. The molecule has 0 bridgehead atoms. The average molecular weight is 535 g/mol. The molecular weight excluding hydrogens is 505 g/mol. The Morgan fingerprint density at radius 3 is 2.26 bits per heavy atom. The summed E-state index contributed by atoms with van der Waals surface area (Å²) >= 11 is 0. The molecule has 202 valence electrons. The lowest BCUT2D eigenvalue weighted by atomic mass is 10.1. The Morgan fingerprint density at radius 1 is 0.897 bits per heavy atom. The highest BCUT2D eigenvalue weighted by Crippen LogP contribution is 2.30. The highest BCUT2D eigenvalue weighted by Gasteiger charge is 2.31. The standard InChI is InChI=1S/C30H29F3N4O2/c1-2-3-10-18-36(29(39)23-14-11-15-24(19-23)30(31,32)33)21-28(38)34-27-20-26(22-12-6-4-7-13-22)35-37(27)25-16-8-5-9-17-25/h4-9,11-17,19-20H,2-3,10,18,21H2,1H3,(H,34,38). The topological polar surface area (TPSA) is 67.2 Å². The summed E-state index contributed by atoms with van der Waals surface area (Å²) in [7, 11) is 0. The van der Waals surface area contributed by atoms with Crippen molar-refractivity contribution in [3.05, 3.63) is 102 Å². The number of carbonyl (C=O) groups is 2. The van der Waals surface area contributed by atoms with Gasteiger partial charge in [-0.3, -0.25) is 9.59 Å². The van der Waals surface area contributed by atoms with Gasteiger partial charge < -0.3 is 10.2 Å². The van der Waals surface area contributed by atoms with E-state index in [1.165, 1.54) is 17.0 Å². The second-order valence-corrected chi connectivity index (χ2v) is 9.09. The third-order valence-electron chi connectivity index (χ3n) is 6.14. The van der Waals surface area contributed by atoms with Gasteiger partial charge in [-0.2, -0.15) is 18.3 Å². The Labute approximate surface area is 225 Å². The second kappa shape index (κ2) is 12.4. The second-order valence-electron chi connectivity index (χ2n) is 9.09. The van der Waals surface area contributed by atoms with Crippen molar-refractivity contribution < 1.29 is 22.8 Å². The summed E-state index contributed by atoms with van der Waals surface area (Å²) in [5.41, 5.74) is 1.22. The lowest BCUT2D eigenvalue weighted by Gasteiger charge is -2.23. The van der Waals surface area contributed by atoms with E-state index in [0.717, 1.165) is 36.2 Å². The molecule has 0 spiro atoms. The first kappa shape index (κ1) is 27.6. The molecule has 0 aliphatic heterocycles. The Balaban J connectivity index is 1.59. The number of benzene rings is 3. The van der Waals surface area contributed by atoms with Crippen molar-refractivity contribution in [3.63, 3.8) is 0 Å². The van der Waals surface area contributed by atoms with Gasteiger partial charge in [0.25, 0.3) is 5.91 Å². The van der Waals surface area contributed by atoms with Gasteiger partial charge in [0.05, 0.1) is 16.9 Å². The van der Waals surface area contributed by atoms with E-state index in [-0.39, 0.29) is 18.7 Å². The molecule has 9 heteroatoms. The van der Waals surface area contributed by atoms with E-state index in [1.54, 1.807) is 10.7 Å². The van der Waals surface area contributed by atoms with Crippen LogP contribution < -0.4 is 5.32 Å². The largest absolute Gasteiger partial charge is 0.416 e. The molecule has 0 aliphatic carbocycles. The van der Waals surface area contributed by atoms with E-state index in [1.807, 2.05) is 67.6 Å². The van der Waals surface area contributed by atoms with Gasteiger partial charge in [-0.1, -0.05) is 74.4 Å². The van der Waals surface area contributed by atoms with Crippen LogP contribution in [0.4, 0.5) is 19.0 Å². The molecule has 4 aromatic rings. The number of hydrogen-bond acceptors (Lipinski definition) is 3. The van der Waals surface area contributed by atoms with E-state index in [2.05, 4.69) is 10.4 Å². The molecule has 39 heavy (non-hydrogen) atoms. The molecule has 0 radical (unpaired) electrons. The van der Waals surface area contributed by atoms with Crippen molar-refractivity contribution in [1.29, 1.82) is 0 Å². The van der Waals surface area contributed by atoms with Crippen molar-refractivity contribution >= 4 is 17.6 Å². The summed E-state index contributed by atoms with van der Waals surface area (Å²) in [6, 6.07) is 24.8. The number of nitrogens with one attached hydrogen (secondary N) is 1. The minimum Gasteiger partial charge on any atom is -0.329 e. The minimum atomic E-state index is -4.58. The molecule has 0 saturated carbocycles. The molecular formula is C30H29F3N4O2. The number of nitrogens with zero attached hydrogens (tertiary/aromatic N) is 3. The predicted molar refractivity (Wildman–Crippen MR) is 145 cm³/mol. The Morgan fingerprint density at radius 2 is 1.59 bits per heavy atom. The fraction of sp³-hybridized carbons (Fsp3) is 0.233. The van der Waals surface area contributed by atoms with Gasteiger partial charge in [0.2, 0.25) is 5.91 Å². The van der Waals surface area contributed by atoms with Crippen LogP contribution in [0, 0.1) is 0 Å². The number of para-hydroxylation sites is 1. The maximum Gasteiger partial charge on any atom is 0.416 e. The molecule has 6 nitrogen and oxygen atoms in total. The summed E-state index contributed by atoms with van der Waals surface area (Å²) in [6.07, 6.45) is -2.26. The smallest absolute Gasteiger partial charge is 0.329 e. The van der Waals surface area contributed by atoms with Crippen LogP contribution in [0.2, 0.25) is 0 Å². The first-order chi connectivity index (χ1) is 18.8. The highest BCUT2D eigenvalue weighted by molar-refractivity contribution is 5.99. The van der Waals surface area contributed by atoms with Gasteiger partial charge in [-0.05, 0) is 36.8 Å². The number of carbonyl (C=O) groups excluding carboxylic acids is 2. The van der Waals surface area contributed by atoms with Crippen LogP contribution in [0.3, 0.4) is 0 Å². The Bertz CT molecular complexity index is 1400. The van der Waals surface area contributed by atoms with E-state index in [0.29, 0.717) is 17.9 Å². The quantitative estimate of drug-likeness (QED) is 0.227. The van der Waals surface area contributed by atoms with Crippen LogP contribution in [0.1, 0.15) is 42.1 Å². The number of rotatable bonds is 10. The SMILES string of the molecule is CCCCCN(CC(=O)Nc1cc(-c2ccccc2)nn1-c1ccccc1)C(=O)c1cccc(C(F)(F)F)c1. The zero-order valence-electron chi connectivity index (χ0n) is 21.5. The fourth-order valence-electron chi connectivity index (χ4n) is 4.16. The highest BCUT2D eigenvalue weighted by atomic mass is 19.4. The monoisotopic (exact) mass is 534 g/mol. The van der Waals surface area contributed by atoms with Crippen LogP contribution in [0.15, 0.2) is 91.0 Å². The minimum absolute atomic E-state index is 0.116. The third kappa shape index (κ3) is 7.13. The molecule has 3 aromatic carbocycles. The third-order valence-corrected chi connectivity index (χ3v) is 6.14. The molecule has 0 fully saturated rings. The average Bonchev–Trinajstić information content (AvgIpc) is 3.36. The van der Waals surface area contributed by atoms with Crippen molar-refractivity contribution in [2.75, 3.05) is 18.4 Å². The van der Waals surface area contributed by atoms with E-state index in [4.69, 9.17) is 0 Å². The maximum absolute atomic E-state index is 13.2. The molecule has 2 amide bonds. The van der Waals surface area contributed by atoms with Crippen molar-refractivity contribution in [2.24, 2.45) is 0 Å². The number of halogens is 3. The lowest BCUT2D eigenvalue weighted by Crippen LogP contribution is -2.39. The zero-order chi connectivity index (χ0) is 27.8. The van der Waals surface area contributed by atoms with E-state index in [9.17, 15) is 22.8 Å². The van der Waals surface area contributed by atoms with E-state index >= 15 is 0 Å². The molecule has 0 unspecified atom stereocenters. The van der Waals surface area contributed by atoms with Crippen LogP contribution in [-0.4, -0.2) is 39.6 Å². The molecule has 0 saturated heterocycles. The van der Waals surface area contributed by atoms with Gasteiger partial charge in [0.15, 0.2) is 0 Å². The van der Waals surface area contributed by atoms with Gasteiger partial charge in [0.1, 0.15) is 12.4 Å². The first-order valence-electron chi connectivity index (χ1n) is 12.7. The first-order valence-corrected chi connectivity index (χ1v) is 12.7. The number of hydrogen-bond donors (Lipinski definition) is 1. The maximum atomic E-state index is 13.2. The Kier molecular flexibility index (Phi) is 8.81. The van der Waals surface area contributed by atoms with Crippen molar-refractivity contribution in [3.8, 4) is 16.9 Å². The Hall–Kier alpha value is -4.40. The summed E-state index contributed by atoms with van der Waals surface area (Å²) in [6.45, 7) is 1.92. The molecule has 0 aliphatic rings. The van der Waals surface area contributed by atoms with Crippen LogP contribution in [0.5, 0.6) is 0 Å². The van der Waals surface area contributed by atoms with Crippen molar-refractivity contribution in [2.45, 2.75) is 32.4 Å². The van der Waals surface area contributed by atoms with Gasteiger partial charge in [-0.25, -0.2) is 4.68 Å². The normalized spacial score (nSPS) is 11.3. The summed E-state index contributed by atoms with van der Waals surface area (Å²) in [4.78, 5) is 27.8. The summed E-state index contributed by atoms with van der Waals surface area (Å²) in [5, 5.41) is 7.52. The fourth-order valence-corrected chi connectivity index (χ4v) is 4.16. The van der Waals surface area contributed by atoms with Gasteiger partial charge in [-0.15, -0.1) is 0 Å². The molecule has 1 aromatic heterocycles. The summed E-state index contributed by atoms with van der Waals surface area (Å²) in [5.74, 6) is -0.706. The van der Waals surface area contributed by atoms with Crippen molar-refractivity contribution in [1.82, 2.24) is 14.7 Å². The molecule has 1 N–H and O–H groups in total. The van der Waals surface area contributed by atoms with Gasteiger partial charge in [0, 0.05) is 23.7 Å². The number of anilines is 1. The van der Waals surface area contributed by atoms with Crippen LogP contribution >= 0.6 is 0 Å². The lowest BCUT2D eigenvalue weighted by molar-refractivity contribution is -0.137. The van der Waals surface area contributed by atoms with Crippen LogP contribution in [-0.2, 0) is 11.0 Å². The van der Waals surface area contributed by atoms with E-state index < -0.39 is 23.6 Å². The zero-order valence-corrected chi connectivity index (χ0v) is 21.5. The summed E-state index contributed by atoms with van der Waals surface area (Å²) < 4.78 is 41.3. The molecule has 4 rings (SSSR count). The molecule has 1 heterocycles. The number of alkyl halides is 3. The van der Waals surface area contributed by atoms with Crippen LogP contribution in [0.25, 0.3) is 16.9 Å².